The van der Waals surface area contributed by atoms with Gasteiger partial charge in [0, 0.05) is 18.9 Å². The van der Waals surface area contributed by atoms with Crippen LogP contribution in [-0.4, -0.2) is 24.1 Å². The van der Waals surface area contributed by atoms with Gasteiger partial charge in [0.05, 0.1) is 5.69 Å². The van der Waals surface area contributed by atoms with Crippen molar-refractivity contribution in [3.8, 4) is 11.5 Å². The highest BCUT2D eigenvalue weighted by Gasteiger charge is 2.20. The van der Waals surface area contributed by atoms with Crippen LogP contribution in [-0.2, 0) is 4.79 Å². The van der Waals surface area contributed by atoms with Crippen LogP contribution in [0.1, 0.15) is 19.3 Å². The van der Waals surface area contributed by atoms with Crippen LogP contribution >= 0.6 is 0 Å². The van der Waals surface area contributed by atoms with Crippen LogP contribution in [0.2, 0.25) is 0 Å². The fraction of sp³-hybridized carbons (Fsp3) is 0.357. The summed E-state index contributed by atoms with van der Waals surface area (Å²) in [6, 6.07) is 5.17. The number of ether oxygens (including phenoxy) is 2. The molecule has 1 aliphatic heterocycles. The minimum Gasteiger partial charge on any atom is -0.510 e. The Balaban J connectivity index is 1.84. The van der Waals surface area contributed by atoms with Crippen LogP contribution in [0, 0.1) is 0 Å². The van der Waals surface area contributed by atoms with Crippen LogP contribution in [0.25, 0.3) is 0 Å². The summed E-state index contributed by atoms with van der Waals surface area (Å²) < 4.78 is 10.8. The first-order chi connectivity index (χ1) is 9.74. The Labute approximate surface area is 115 Å². The van der Waals surface area contributed by atoms with Crippen LogP contribution < -0.4 is 9.47 Å². The summed E-state index contributed by atoms with van der Waals surface area (Å²) in [5.41, 5.74) is 0.610. The lowest BCUT2D eigenvalue weighted by Gasteiger charge is -2.17. The van der Waals surface area contributed by atoms with Crippen LogP contribution in [0.4, 0.5) is 5.69 Å². The van der Waals surface area contributed by atoms with Gasteiger partial charge >= 0.3 is 0 Å². The van der Waals surface area contributed by atoms with Crippen LogP contribution in [0.15, 0.2) is 39.9 Å². The van der Waals surface area contributed by atoms with E-state index in [-0.39, 0.29) is 17.2 Å². The highest BCUT2D eigenvalue weighted by molar-refractivity contribution is 5.96. The average Bonchev–Trinajstić information content (AvgIpc) is 2.46. The molecule has 0 saturated heterocycles. The van der Waals surface area contributed by atoms with Crippen LogP contribution in [0.3, 0.4) is 0 Å². The first-order valence-corrected chi connectivity index (χ1v) is 6.51. The zero-order chi connectivity index (χ0) is 13.9. The molecule has 0 atom stereocenters. The monoisotopic (exact) mass is 274 g/mol. The molecule has 0 radical (unpaired) electrons. The highest BCUT2D eigenvalue weighted by atomic mass is 16.6. The number of benzene rings is 1. The maximum Gasteiger partial charge on any atom is 0.186 e. The number of carbonyl (C=O) groups is 1. The Morgan fingerprint density at radius 3 is 2.65 bits per heavy atom. The number of nitrogens with zero attached hydrogens (tertiary/aromatic N) is 2. The van der Waals surface area contributed by atoms with E-state index in [4.69, 9.17) is 9.47 Å². The standard InChI is InChI=1S/C14H14N2O4/c17-10-2-1-3-11(18)14(10)16-15-9-4-5-12-13(8-9)20-7-6-19-12/h4-5,8,17H,1-3,6-7H2. The van der Waals surface area contributed by atoms with Crippen molar-refractivity contribution in [1.29, 1.82) is 0 Å². The molecule has 1 N–H and O–H groups in total. The molecule has 0 spiro atoms. The van der Waals surface area contributed by atoms with E-state index in [9.17, 15) is 9.90 Å². The molecule has 1 aromatic carbocycles. The summed E-state index contributed by atoms with van der Waals surface area (Å²) >= 11 is 0. The smallest absolute Gasteiger partial charge is 0.186 e. The van der Waals surface area contributed by atoms with Crippen molar-refractivity contribution in [2.75, 3.05) is 13.2 Å². The number of aliphatic hydroxyl groups is 1. The molecule has 0 amide bonds. The van der Waals surface area contributed by atoms with E-state index in [1.165, 1.54) is 0 Å². The van der Waals surface area contributed by atoms with Crippen LogP contribution in [0.5, 0.6) is 11.5 Å². The van der Waals surface area contributed by atoms with E-state index >= 15 is 0 Å². The van der Waals surface area contributed by atoms with Gasteiger partial charge in [0.15, 0.2) is 23.0 Å². The molecule has 104 valence electrons. The second-order valence-corrected chi connectivity index (χ2v) is 4.60. The Hall–Kier alpha value is -2.37. The van der Waals surface area contributed by atoms with Gasteiger partial charge in [0.1, 0.15) is 19.0 Å². The van der Waals surface area contributed by atoms with E-state index in [1.54, 1.807) is 18.2 Å². The fourth-order valence-electron chi connectivity index (χ4n) is 2.13. The van der Waals surface area contributed by atoms with Gasteiger partial charge < -0.3 is 14.6 Å². The largest absolute Gasteiger partial charge is 0.510 e. The molecule has 0 unspecified atom stereocenters. The summed E-state index contributed by atoms with van der Waals surface area (Å²) in [6.07, 6.45) is 1.54. The normalized spacial score (nSPS) is 18.7. The van der Waals surface area contributed by atoms with Gasteiger partial charge in [-0.25, -0.2) is 0 Å². The average molecular weight is 274 g/mol. The Kier molecular flexibility index (Phi) is 3.37. The number of rotatable bonds is 2. The number of hydrogen-bond acceptors (Lipinski definition) is 6. The van der Waals surface area contributed by atoms with Gasteiger partial charge in [-0.1, -0.05) is 0 Å². The third-order valence-corrected chi connectivity index (χ3v) is 3.15. The van der Waals surface area contributed by atoms with Gasteiger partial charge in [-0.05, 0) is 18.6 Å². The Morgan fingerprint density at radius 1 is 1.05 bits per heavy atom. The van der Waals surface area contributed by atoms with E-state index in [0.717, 1.165) is 0 Å². The van der Waals surface area contributed by atoms with Gasteiger partial charge in [-0.15, -0.1) is 5.11 Å². The van der Waals surface area contributed by atoms with Crippen molar-refractivity contribution in [2.24, 2.45) is 10.2 Å². The maximum absolute atomic E-state index is 11.6. The molecule has 0 aromatic heterocycles. The lowest BCUT2D eigenvalue weighted by Crippen LogP contribution is -2.14. The zero-order valence-corrected chi connectivity index (χ0v) is 10.8. The first kappa shape index (κ1) is 12.7. The van der Waals surface area contributed by atoms with Crippen molar-refractivity contribution in [3.05, 3.63) is 29.7 Å². The van der Waals surface area contributed by atoms with E-state index < -0.39 is 0 Å². The van der Waals surface area contributed by atoms with Crippen molar-refractivity contribution < 1.29 is 19.4 Å². The summed E-state index contributed by atoms with van der Waals surface area (Å²) in [4.78, 5) is 11.6. The summed E-state index contributed by atoms with van der Waals surface area (Å²) in [7, 11) is 0. The van der Waals surface area contributed by atoms with Crippen molar-refractivity contribution in [3.63, 3.8) is 0 Å². The molecular weight excluding hydrogens is 260 g/mol. The highest BCUT2D eigenvalue weighted by Crippen LogP contribution is 2.34. The molecular formula is C14H14N2O4. The van der Waals surface area contributed by atoms with Crippen molar-refractivity contribution in [2.45, 2.75) is 19.3 Å². The number of allylic oxidation sites excluding steroid dienone is 2. The van der Waals surface area contributed by atoms with Gasteiger partial charge in [-0.3, -0.25) is 4.79 Å². The molecule has 3 rings (SSSR count). The molecule has 0 fully saturated rings. The van der Waals surface area contributed by atoms with E-state index in [0.29, 0.717) is 49.7 Å². The SMILES string of the molecule is O=C1CCCC(O)=C1N=Nc1ccc2c(c1)OCCO2. The Bertz CT molecular complexity index is 607. The number of azo groups is 1. The predicted octanol–water partition coefficient (Wildman–Crippen LogP) is 3.06. The summed E-state index contributed by atoms with van der Waals surface area (Å²) in [6.45, 7) is 1.03. The predicted molar refractivity (Wildman–Crippen MR) is 70.5 cm³/mol. The molecule has 20 heavy (non-hydrogen) atoms. The van der Waals surface area contributed by atoms with E-state index in [2.05, 4.69) is 10.2 Å². The number of ketones is 1. The second-order valence-electron chi connectivity index (χ2n) is 4.60. The maximum atomic E-state index is 11.6. The van der Waals surface area contributed by atoms with Gasteiger partial charge in [0.25, 0.3) is 0 Å². The second kappa shape index (κ2) is 5.32. The molecule has 0 saturated carbocycles. The zero-order valence-electron chi connectivity index (χ0n) is 10.8. The molecule has 0 bridgehead atoms. The van der Waals surface area contributed by atoms with Gasteiger partial charge in [0.2, 0.25) is 0 Å². The Morgan fingerprint density at radius 2 is 1.85 bits per heavy atom. The molecule has 6 nitrogen and oxygen atoms in total. The number of carbonyl (C=O) groups excluding carboxylic acids is 1. The van der Waals surface area contributed by atoms with Crippen molar-refractivity contribution in [1.82, 2.24) is 0 Å². The number of fused-ring (bicyclic) bond motifs is 1. The molecule has 6 heteroatoms. The summed E-state index contributed by atoms with van der Waals surface area (Å²) in [5, 5.41) is 17.5. The van der Waals surface area contributed by atoms with Gasteiger partial charge in [-0.2, -0.15) is 5.11 Å². The molecule has 1 heterocycles. The minimum absolute atomic E-state index is 0.0162. The number of aliphatic hydroxyl groups excluding tert-OH is 1. The van der Waals surface area contributed by atoms with Crippen molar-refractivity contribution >= 4 is 11.5 Å². The lowest BCUT2D eigenvalue weighted by atomic mass is 10.0. The summed E-state index contributed by atoms with van der Waals surface area (Å²) in [5.74, 6) is 1.13. The fourth-order valence-corrected chi connectivity index (χ4v) is 2.13. The topological polar surface area (TPSA) is 80.5 Å². The third-order valence-electron chi connectivity index (χ3n) is 3.15. The first-order valence-electron chi connectivity index (χ1n) is 6.51. The molecule has 2 aliphatic rings. The number of Topliss-reactive ketones (excluding diaryl/α,β-unsaturated/α-hetero) is 1. The number of hydrogen-bond donors (Lipinski definition) is 1. The van der Waals surface area contributed by atoms with E-state index in [1.807, 2.05) is 0 Å². The lowest BCUT2D eigenvalue weighted by molar-refractivity contribution is -0.116. The minimum atomic E-state index is -0.171. The third kappa shape index (κ3) is 2.49. The quantitative estimate of drug-likeness (QED) is 0.840. The molecule has 1 aliphatic carbocycles. The molecule has 1 aromatic rings.